The largest absolute Gasteiger partial charge is 0.507 e. The van der Waals surface area contributed by atoms with Crippen LogP contribution in [0.3, 0.4) is 0 Å². The highest BCUT2D eigenvalue weighted by molar-refractivity contribution is 6.35. The Kier molecular flexibility index (Phi) is 8.07. The van der Waals surface area contributed by atoms with Crippen molar-refractivity contribution in [2.24, 2.45) is 4.99 Å². The van der Waals surface area contributed by atoms with Gasteiger partial charge in [-0.3, -0.25) is 4.99 Å². The number of nitrogens with zero attached hydrogens (tertiary/aromatic N) is 2. The molecule has 0 spiro atoms. The molecule has 0 aliphatic carbocycles. The molecular weight excluding hydrogens is 431 g/mol. The highest BCUT2D eigenvalue weighted by atomic mass is 35.5. The van der Waals surface area contributed by atoms with Crippen molar-refractivity contribution >= 4 is 29.4 Å². The van der Waals surface area contributed by atoms with Crippen molar-refractivity contribution in [2.45, 2.75) is 58.9 Å². The number of aromatic hydroxyl groups is 2. The predicted octanol–water partition coefficient (Wildman–Crippen LogP) is 6.55. The van der Waals surface area contributed by atoms with Crippen molar-refractivity contribution in [3.8, 4) is 11.5 Å². The van der Waals surface area contributed by atoms with E-state index in [9.17, 15) is 10.2 Å². The Morgan fingerprint density at radius 3 is 2.16 bits per heavy atom. The molecule has 0 saturated heterocycles. The van der Waals surface area contributed by atoms with Crippen molar-refractivity contribution in [3.05, 3.63) is 56.6 Å². The second-order valence-corrected chi connectivity index (χ2v) is 11.0. The molecule has 0 atom stereocenters. The Bertz CT molecular complexity index is 957. The number of hydrogen-bond donors (Lipinski definition) is 2. The average Bonchev–Trinajstić information content (AvgIpc) is 2.62. The minimum absolute atomic E-state index is 0.0310. The normalized spacial score (nSPS) is 12.8. The van der Waals surface area contributed by atoms with Crippen LogP contribution >= 0.6 is 23.2 Å². The van der Waals surface area contributed by atoms with Gasteiger partial charge in [0.05, 0.1) is 11.6 Å². The zero-order valence-electron chi connectivity index (χ0n) is 19.6. The van der Waals surface area contributed by atoms with Crippen molar-refractivity contribution in [1.29, 1.82) is 0 Å². The molecule has 0 unspecified atom stereocenters. The van der Waals surface area contributed by atoms with Crippen LogP contribution in [0.1, 0.15) is 63.8 Å². The maximum atomic E-state index is 10.8. The van der Waals surface area contributed by atoms with E-state index in [4.69, 9.17) is 23.2 Å². The molecule has 0 bridgehead atoms. The van der Waals surface area contributed by atoms with E-state index in [1.165, 1.54) is 11.6 Å². The third kappa shape index (κ3) is 6.86. The van der Waals surface area contributed by atoms with E-state index in [-0.39, 0.29) is 27.4 Å². The number of rotatable bonds is 6. The van der Waals surface area contributed by atoms with Crippen LogP contribution in [-0.2, 0) is 17.4 Å². The van der Waals surface area contributed by atoms with Crippen molar-refractivity contribution < 1.29 is 10.2 Å². The van der Waals surface area contributed by atoms with Crippen LogP contribution in [0.5, 0.6) is 11.5 Å². The third-order valence-electron chi connectivity index (χ3n) is 5.20. The fourth-order valence-corrected chi connectivity index (χ4v) is 3.80. The summed E-state index contributed by atoms with van der Waals surface area (Å²) in [6, 6.07) is 7.36. The zero-order chi connectivity index (χ0) is 23.6. The summed E-state index contributed by atoms with van der Waals surface area (Å²) < 4.78 is 0. The quantitative estimate of drug-likeness (QED) is 0.476. The van der Waals surface area contributed by atoms with E-state index >= 15 is 0 Å². The van der Waals surface area contributed by atoms with Gasteiger partial charge in [0.2, 0.25) is 0 Å². The minimum atomic E-state index is -0.172. The van der Waals surface area contributed by atoms with Gasteiger partial charge in [0, 0.05) is 41.0 Å². The number of halogens is 2. The third-order valence-corrected chi connectivity index (χ3v) is 5.71. The molecule has 6 heteroatoms. The molecule has 2 rings (SSSR count). The Balaban J connectivity index is 2.14. The standard InChI is InChI=1S/C25H34Cl2N2O2/c1-24(2,3)18-10-16(22(30)20(12-18)25(4,5)6)14-28-8-9-29(7)15-17-11-19(26)13-21(27)23(17)31/h10-14,30-31H,8-9,15H2,1-7H3. The predicted molar refractivity (Wildman–Crippen MR) is 132 cm³/mol. The van der Waals surface area contributed by atoms with E-state index in [2.05, 4.69) is 52.6 Å². The Hall–Kier alpha value is -1.75. The highest BCUT2D eigenvalue weighted by Gasteiger charge is 2.24. The van der Waals surface area contributed by atoms with E-state index in [0.29, 0.717) is 30.2 Å². The summed E-state index contributed by atoms with van der Waals surface area (Å²) in [5.74, 6) is 0.344. The summed E-state index contributed by atoms with van der Waals surface area (Å²) in [4.78, 5) is 6.58. The summed E-state index contributed by atoms with van der Waals surface area (Å²) >= 11 is 12.0. The van der Waals surface area contributed by atoms with Gasteiger partial charge in [0.1, 0.15) is 11.5 Å². The SMILES string of the molecule is CN(CCN=Cc1cc(C(C)(C)C)cc(C(C)(C)C)c1O)Cc1cc(Cl)cc(Cl)c1O. The molecule has 0 aromatic heterocycles. The van der Waals surface area contributed by atoms with Crippen LogP contribution in [0.25, 0.3) is 0 Å². The molecule has 0 fully saturated rings. The molecule has 31 heavy (non-hydrogen) atoms. The molecule has 2 aromatic carbocycles. The molecule has 2 aromatic rings. The molecule has 170 valence electrons. The Morgan fingerprint density at radius 2 is 1.58 bits per heavy atom. The Morgan fingerprint density at radius 1 is 0.935 bits per heavy atom. The highest BCUT2D eigenvalue weighted by Crippen LogP contribution is 2.37. The maximum absolute atomic E-state index is 10.8. The monoisotopic (exact) mass is 464 g/mol. The lowest BCUT2D eigenvalue weighted by Gasteiger charge is -2.27. The van der Waals surface area contributed by atoms with Gasteiger partial charge >= 0.3 is 0 Å². The van der Waals surface area contributed by atoms with Gasteiger partial charge in [-0.25, -0.2) is 0 Å². The van der Waals surface area contributed by atoms with Crippen LogP contribution in [0.2, 0.25) is 10.0 Å². The van der Waals surface area contributed by atoms with Gasteiger partial charge in [-0.2, -0.15) is 0 Å². The molecule has 0 heterocycles. The topological polar surface area (TPSA) is 56.1 Å². The van der Waals surface area contributed by atoms with Crippen LogP contribution < -0.4 is 0 Å². The molecular formula is C25H34Cl2N2O2. The molecule has 2 N–H and O–H groups in total. The molecule has 4 nitrogen and oxygen atoms in total. The number of benzene rings is 2. The minimum Gasteiger partial charge on any atom is -0.507 e. The number of likely N-dealkylation sites (N-methyl/N-ethyl adjacent to an activating group) is 1. The zero-order valence-corrected chi connectivity index (χ0v) is 21.1. The lowest BCUT2D eigenvalue weighted by Crippen LogP contribution is -2.21. The number of aliphatic imine (C=N–C) groups is 1. The fraction of sp³-hybridized carbons (Fsp3) is 0.480. The molecule has 0 radical (unpaired) electrons. The van der Waals surface area contributed by atoms with Crippen molar-refractivity contribution in [3.63, 3.8) is 0 Å². The van der Waals surface area contributed by atoms with E-state index < -0.39 is 0 Å². The molecule has 0 saturated carbocycles. The summed E-state index contributed by atoms with van der Waals surface area (Å²) in [5, 5.41) is 21.7. The first-order valence-corrected chi connectivity index (χ1v) is 11.2. The first-order chi connectivity index (χ1) is 14.2. The molecule has 0 aliphatic heterocycles. The number of hydrogen-bond acceptors (Lipinski definition) is 4. The fourth-order valence-electron chi connectivity index (χ4n) is 3.26. The average molecular weight is 465 g/mol. The van der Waals surface area contributed by atoms with Gasteiger partial charge in [-0.05, 0) is 41.6 Å². The molecule has 0 aliphatic rings. The lowest BCUT2D eigenvalue weighted by atomic mass is 9.79. The van der Waals surface area contributed by atoms with Gasteiger partial charge in [0.25, 0.3) is 0 Å². The smallest absolute Gasteiger partial charge is 0.138 e. The van der Waals surface area contributed by atoms with Crippen LogP contribution in [0.15, 0.2) is 29.3 Å². The van der Waals surface area contributed by atoms with Gasteiger partial charge in [-0.1, -0.05) is 70.8 Å². The Labute approximate surface area is 196 Å². The second kappa shape index (κ2) is 9.81. The molecule has 0 amide bonds. The van der Waals surface area contributed by atoms with E-state index in [1.54, 1.807) is 12.3 Å². The summed E-state index contributed by atoms with van der Waals surface area (Å²) in [7, 11) is 1.94. The summed E-state index contributed by atoms with van der Waals surface area (Å²) in [6.07, 6.45) is 1.75. The van der Waals surface area contributed by atoms with Gasteiger partial charge in [0.15, 0.2) is 0 Å². The van der Waals surface area contributed by atoms with Gasteiger partial charge in [-0.15, -0.1) is 0 Å². The van der Waals surface area contributed by atoms with Gasteiger partial charge < -0.3 is 15.1 Å². The first-order valence-electron chi connectivity index (χ1n) is 10.4. The number of phenolic OH excluding ortho intramolecular Hbond substituents is 2. The van der Waals surface area contributed by atoms with Crippen molar-refractivity contribution in [1.82, 2.24) is 4.90 Å². The van der Waals surface area contributed by atoms with Crippen molar-refractivity contribution in [2.75, 3.05) is 20.1 Å². The van der Waals surface area contributed by atoms with Crippen LogP contribution in [-0.4, -0.2) is 41.5 Å². The second-order valence-electron chi connectivity index (χ2n) is 10.1. The van der Waals surface area contributed by atoms with Crippen LogP contribution in [0, 0.1) is 0 Å². The van der Waals surface area contributed by atoms with E-state index in [1.807, 2.05) is 18.0 Å². The number of phenols is 2. The van der Waals surface area contributed by atoms with E-state index in [0.717, 1.165) is 11.1 Å². The first kappa shape index (κ1) is 25.5. The lowest BCUT2D eigenvalue weighted by molar-refractivity contribution is 0.329. The maximum Gasteiger partial charge on any atom is 0.138 e. The van der Waals surface area contributed by atoms with Crippen LogP contribution in [0.4, 0.5) is 0 Å². The summed E-state index contributed by atoms with van der Waals surface area (Å²) in [6.45, 7) is 14.5. The summed E-state index contributed by atoms with van der Waals surface area (Å²) in [5.41, 5.74) is 3.30.